The minimum Gasteiger partial charge on any atom is -0.490 e. The van der Waals surface area contributed by atoms with Gasteiger partial charge in [0.05, 0.1) is 25.0 Å². The maximum Gasteiger partial charge on any atom is 0.233 e. The number of nitrogens with one attached hydrogen (secondary N) is 1. The van der Waals surface area contributed by atoms with Crippen LogP contribution in [0.15, 0.2) is 18.2 Å². The second-order valence-electron chi connectivity index (χ2n) is 7.98. The molecule has 2 fully saturated rings. The van der Waals surface area contributed by atoms with Crippen molar-refractivity contribution in [2.45, 2.75) is 58.8 Å². The Kier molecular flexibility index (Phi) is 7.71. The van der Waals surface area contributed by atoms with Crippen LogP contribution in [0.2, 0.25) is 0 Å². The largest absolute Gasteiger partial charge is 0.490 e. The number of anilines is 1. The normalized spacial score (nSPS) is 20.8. The zero-order chi connectivity index (χ0) is 21.5. The Morgan fingerprint density at radius 1 is 1.00 bits per heavy atom. The number of fused-ring (bicyclic) bond motifs is 1. The van der Waals surface area contributed by atoms with E-state index in [4.69, 9.17) is 9.47 Å². The summed E-state index contributed by atoms with van der Waals surface area (Å²) < 4.78 is 11.5. The number of carbonyl (C=O) groups is 3. The summed E-state index contributed by atoms with van der Waals surface area (Å²) in [5.41, 5.74) is 0.600. The standard InChI is InChI=1S/C23H32N2O5/c1-3-13-29-19-10-9-16(15-20(19)30-14-4-2)24-21(26)11-12-25-22(27)17-7-5-6-8-18(17)23(25)28/h9-10,15,17-18H,3-8,11-14H2,1-2H3,(H,24,26)/t17-,18-/m1/s1. The molecule has 30 heavy (non-hydrogen) atoms. The molecule has 3 amide bonds. The van der Waals surface area contributed by atoms with Gasteiger partial charge in [-0.25, -0.2) is 0 Å². The summed E-state index contributed by atoms with van der Waals surface area (Å²) in [7, 11) is 0. The van der Waals surface area contributed by atoms with E-state index in [-0.39, 0.29) is 42.5 Å². The van der Waals surface area contributed by atoms with E-state index in [9.17, 15) is 14.4 Å². The molecule has 0 aromatic heterocycles. The first-order valence-corrected chi connectivity index (χ1v) is 11.1. The maximum absolute atomic E-state index is 12.5. The fourth-order valence-electron chi connectivity index (χ4n) is 4.13. The molecule has 7 heteroatoms. The molecule has 1 heterocycles. The number of ether oxygens (including phenoxy) is 2. The fraction of sp³-hybridized carbons (Fsp3) is 0.609. The molecule has 1 N–H and O–H groups in total. The summed E-state index contributed by atoms with van der Waals surface area (Å²) in [6.45, 7) is 5.34. The first-order valence-electron chi connectivity index (χ1n) is 11.1. The zero-order valence-electron chi connectivity index (χ0n) is 17.9. The highest BCUT2D eigenvalue weighted by atomic mass is 16.5. The monoisotopic (exact) mass is 416 g/mol. The molecule has 7 nitrogen and oxygen atoms in total. The Bertz CT molecular complexity index is 755. The van der Waals surface area contributed by atoms with Crippen molar-refractivity contribution >= 4 is 23.4 Å². The smallest absolute Gasteiger partial charge is 0.233 e. The van der Waals surface area contributed by atoms with Crippen molar-refractivity contribution in [1.82, 2.24) is 4.90 Å². The van der Waals surface area contributed by atoms with E-state index in [2.05, 4.69) is 5.32 Å². The van der Waals surface area contributed by atoms with Crippen molar-refractivity contribution in [3.8, 4) is 11.5 Å². The molecule has 0 spiro atoms. The average molecular weight is 417 g/mol. The molecule has 1 saturated carbocycles. The zero-order valence-corrected chi connectivity index (χ0v) is 17.9. The molecular formula is C23H32N2O5. The van der Waals surface area contributed by atoms with Crippen molar-refractivity contribution in [2.24, 2.45) is 11.8 Å². The first-order chi connectivity index (χ1) is 14.5. The molecule has 164 valence electrons. The van der Waals surface area contributed by atoms with Crippen LogP contribution in [0.4, 0.5) is 5.69 Å². The molecule has 1 aliphatic carbocycles. The summed E-state index contributed by atoms with van der Waals surface area (Å²) in [6.07, 6.45) is 5.39. The number of amides is 3. The highest BCUT2D eigenvalue weighted by molar-refractivity contribution is 6.05. The molecule has 2 atom stereocenters. The van der Waals surface area contributed by atoms with Gasteiger partial charge in [-0.3, -0.25) is 19.3 Å². The average Bonchev–Trinajstić information content (AvgIpc) is 3.00. The van der Waals surface area contributed by atoms with Crippen LogP contribution in [0.25, 0.3) is 0 Å². The van der Waals surface area contributed by atoms with E-state index in [0.29, 0.717) is 30.4 Å². The molecular weight excluding hydrogens is 384 g/mol. The second-order valence-corrected chi connectivity index (χ2v) is 7.98. The lowest BCUT2D eigenvalue weighted by molar-refractivity contribution is -0.140. The van der Waals surface area contributed by atoms with Gasteiger partial charge in [-0.1, -0.05) is 26.7 Å². The van der Waals surface area contributed by atoms with Crippen molar-refractivity contribution in [3.63, 3.8) is 0 Å². The van der Waals surface area contributed by atoms with Crippen LogP contribution in [0.3, 0.4) is 0 Å². The van der Waals surface area contributed by atoms with Gasteiger partial charge in [0.15, 0.2) is 11.5 Å². The van der Waals surface area contributed by atoms with Crippen LogP contribution >= 0.6 is 0 Å². The Hall–Kier alpha value is -2.57. The van der Waals surface area contributed by atoms with Crippen LogP contribution in [-0.4, -0.2) is 42.4 Å². The van der Waals surface area contributed by atoms with Gasteiger partial charge < -0.3 is 14.8 Å². The number of benzene rings is 1. The minimum absolute atomic E-state index is 0.0795. The highest BCUT2D eigenvalue weighted by Crippen LogP contribution is 2.38. The first kappa shape index (κ1) is 22.1. The molecule has 2 aliphatic rings. The van der Waals surface area contributed by atoms with Crippen molar-refractivity contribution in [1.29, 1.82) is 0 Å². The predicted molar refractivity (Wildman–Crippen MR) is 113 cm³/mol. The lowest BCUT2D eigenvalue weighted by Gasteiger charge is -2.19. The van der Waals surface area contributed by atoms with Gasteiger partial charge in [0.2, 0.25) is 17.7 Å². The van der Waals surface area contributed by atoms with E-state index in [1.54, 1.807) is 18.2 Å². The summed E-state index contributed by atoms with van der Waals surface area (Å²) in [4.78, 5) is 38.8. The van der Waals surface area contributed by atoms with E-state index < -0.39 is 0 Å². The van der Waals surface area contributed by atoms with Gasteiger partial charge in [-0.05, 0) is 37.8 Å². The minimum atomic E-state index is -0.242. The van der Waals surface area contributed by atoms with Gasteiger partial charge in [0.1, 0.15) is 0 Å². The van der Waals surface area contributed by atoms with E-state index in [1.807, 2.05) is 13.8 Å². The second kappa shape index (κ2) is 10.5. The summed E-state index contributed by atoms with van der Waals surface area (Å²) >= 11 is 0. The topological polar surface area (TPSA) is 84.9 Å². The SMILES string of the molecule is CCCOc1ccc(NC(=O)CCN2C(=O)[C@@H]3CCCC[C@H]3C2=O)cc1OCCC. The Morgan fingerprint density at radius 3 is 2.20 bits per heavy atom. The maximum atomic E-state index is 12.5. The number of nitrogens with zero attached hydrogens (tertiary/aromatic N) is 1. The lowest BCUT2D eigenvalue weighted by Crippen LogP contribution is -2.34. The third kappa shape index (κ3) is 5.12. The summed E-state index contributed by atoms with van der Waals surface area (Å²) in [5.74, 6) is 0.437. The van der Waals surface area contributed by atoms with Crippen molar-refractivity contribution in [3.05, 3.63) is 18.2 Å². The Balaban J connectivity index is 1.57. The van der Waals surface area contributed by atoms with Gasteiger partial charge >= 0.3 is 0 Å². The molecule has 3 rings (SSSR count). The van der Waals surface area contributed by atoms with Crippen LogP contribution in [0.5, 0.6) is 11.5 Å². The predicted octanol–water partition coefficient (Wildman–Crippen LogP) is 3.77. The van der Waals surface area contributed by atoms with Gasteiger partial charge in [0.25, 0.3) is 0 Å². The molecule has 1 aliphatic heterocycles. The molecule has 1 aromatic rings. The summed E-state index contributed by atoms with van der Waals surface area (Å²) in [5, 5.41) is 2.83. The lowest BCUT2D eigenvalue weighted by atomic mass is 9.81. The number of rotatable bonds is 10. The molecule has 0 unspecified atom stereocenters. The fourth-order valence-corrected chi connectivity index (χ4v) is 4.13. The summed E-state index contributed by atoms with van der Waals surface area (Å²) in [6, 6.07) is 5.30. The van der Waals surface area contributed by atoms with Crippen LogP contribution < -0.4 is 14.8 Å². The van der Waals surface area contributed by atoms with Crippen LogP contribution in [0.1, 0.15) is 58.8 Å². The van der Waals surface area contributed by atoms with Crippen molar-refractivity contribution < 1.29 is 23.9 Å². The number of hydrogen-bond donors (Lipinski definition) is 1. The molecule has 1 saturated heterocycles. The highest BCUT2D eigenvalue weighted by Gasteiger charge is 2.47. The van der Waals surface area contributed by atoms with E-state index >= 15 is 0 Å². The third-order valence-electron chi connectivity index (χ3n) is 5.65. The Labute approximate surface area is 178 Å². The van der Waals surface area contributed by atoms with Crippen molar-refractivity contribution in [2.75, 3.05) is 25.1 Å². The third-order valence-corrected chi connectivity index (χ3v) is 5.65. The quantitative estimate of drug-likeness (QED) is 0.587. The van der Waals surface area contributed by atoms with Crippen LogP contribution in [-0.2, 0) is 14.4 Å². The van der Waals surface area contributed by atoms with Gasteiger partial charge in [-0.2, -0.15) is 0 Å². The number of carbonyl (C=O) groups excluding carboxylic acids is 3. The van der Waals surface area contributed by atoms with Gasteiger partial charge in [0, 0.05) is 24.7 Å². The number of imide groups is 1. The van der Waals surface area contributed by atoms with Crippen LogP contribution in [0, 0.1) is 11.8 Å². The number of hydrogen-bond acceptors (Lipinski definition) is 5. The van der Waals surface area contributed by atoms with E-state index in [1.165, 1.54) is 4.90 Å². The van der Waals surface area contributed by atoms with E-state index in [0.717, 1.165) is 38.5 Å². The molecule has 0 radical (unpaired) electrons. The Morgan fingerprint density at radius 2 is 1.60 bits per heavy atom. The van der Waals surface area contributed by atoms with Gasteiger partial charge in [-0.15, -0.1) is 0 Å². The molecule has 0 bridgehead atoms. The molecule has 1 aromatic carbocycles. The number of likely N-dealkylation sites (tertiary alicyclic amines) is 1.